The Morgan fingerprint density at radius 1 is 1.14 bits per heavy atom. The molecule has 0 atom stereocenters. The van der Waals surface area contributed by atoms with Crippen molar-refractivity contribution in [1.29, 1.82) is 0 Å². The molecule has 1 aliphatic carbocycles. The molecule has 1 saturated carbocycles. The van der Waals surface area contributed by atoms with E-state index in [1.165, 1.54) is 6.07 Å². The van der Waals surface area contributed by atoms with Crippen LogP contribution >= 0.6 is 11.6 Å². The minimum atomic E-state index is -4.35. The standard InChI is InChI=1S/C16H21ClF3N/c1-10(2)11-3-6-13(7-4-11)21-15-8-5-12(9-14(15)17)16(18,19)20/h5,8-11,13,21H,3-4,6-7H2,1-2H3. The Balaban J connectivity index is 1.98. The maximum Gasteiger partial charge on any atom is 0.416 e. The summed E-state index contributed by atoms with van der Waals surface area (Å²) in [7, 11) is 0. The van der Waals surface area contributed by atoms with Gasteiger partial charge in [0.15, 0.2) is 0 Å². The van der Waals surface area contributed by atoms with Crippen LogP contribution in [-0.4, -0.2) is 6.04 Å². The van der Waals surface area contributed by atoms with E-state index in [-0.39, 0.29) is 5.02 Å². The number of hydrogen-bond donors (Lipinski definition) is 1. The lowest BCUT2D eigenvalue weighted by atomic mass is 9.79. The number of hydrogen-bond acceptors (Lipinski definition) is 1. The molecule has 1 aromatic rings. The summed E-state index contributed by atoms with van der Waals surface area (Å²) in [5.41, 5.74) is -0.112. The molecule has 2 rings (SSSR count). The minimum absolute atomic E-state index is 0.135. The molecule has 0 radical (unpaired) electrons. The van der Waals surface area contributed by atoms with Crippen molar-refractivity contribution in [2.75, 3.05) is 5.32 Å². The Bertz CT molecular complexity index is 477. The van der Waals surface area contributed by atoms with Crippen LogP contribution in [0.15, 0.2) is 18.2 Å². The van der Waals surface area contributed by atoms with Crippen LogP contribution in [0.2, 0.25) is 5.02 Å². The number of halogens is 4. The maximum absolute atomic E-state index is 12.6. The molecule has 1 fully saturated rings. The summed E-state index contributed by atoms with van der Waals surface area (Å²) in [4.78, 5) is 0. The molecule has 1 nitrogen and oxygen atoms in total. The Kier molecular flexibility index (Phi) is 5.07. The zero-order valence-corrected chi connectivity index (χ0v) is 13.1. The van der Waals surface area contributed by atoms with Crippen molar-refractivity contribution in [3.05, 3.63) is 28.8 Å². The highest BCUT2D eigenvalue weighted by molar-refractivity contribution is 6.33. The zero-order chi connectivity index (χ0) is 15.6. The van der Waals surface area contributed by atoms with Crippen molar-refractivity contribution in [3.63, 3.8) is 0 Å². The molecule has 1 aliphatic rings. The van der Waals surface area contributed by atoms with Crippen molar-refractivity contribution < 1.29 is 13.2 Å². The van der Waals surface area contributed by atoms with Gasteiger partial charge in [0.25, 0.3) is 0 Å². The molecule has 21 heavy (non-hydrogen) atoms. The number of anilines is 1. The van der Waals surface area contributed by atoms with Crippen molar-refractivity contribution in [2.45, 2.75) is 51.7 Å². The van der Waals surface area contributed by atoms with E-state index in [2.05, 4.69) is 19.2 Å². The van der Waals surface area contributed by atoms with E-state index in [0.29, 0.717) is 17.6 Å². The molecule has 0 amide bonds. The van der Waals surface area contributed by atoms with Gasteiger partial charge in [-0.2, -0.15) is 13.2 Å². The molecule has 0 aliphatic heterocycles. The fourth-order valence-corrected chi connectivity index (χ4v) is 3.19. The highest BCUT2D eigenvalue weighted by Crippen LogP contribution is 2.36. The highest BCUT2D eigenvalue weighted by atomic mass is 35.5. The Morgan fingerprint density at radius 2 is 1.76 bits per heavy atom. The van der Waals surface area contributed by atoms with E-state index in [0.717, 1.165) is 43.7 Å². The molecule has 0 saturated heterocycles. The molecule has 1 N–H and O–H groups in total. The largest absolute Gasteiger partial charge is 0.416 e. The third kappa shape index (κ3) is 4.29. The fourth-order valence-electron chi connectivity index (χ4n) is 2.96. The molecule has 1 aromatic carbocycles. The van der Waals surface area contributed by atoms with E-state index in [1.807, 2.05) is 0 Å². The molecule has 0 unspecified atom stereocenters. The van der Waals surface area contributed by atoms with Crippen LogP contribution in [-0.2, 0) is 6.18 Å². The SMILES string of the molecule is CC(C)C1CCC(Nc2ccc(C(F)(F)F)cc2Cl)CC1. The maximum atomic E-state index is 12.6. The fraction of sp³-hybridized carbons (Fsp3) is 0.625. The van der Waals surface area contributed by atoms with Gasteiger partial charge in [-0.1, -0.05) is 25.4 Å². The Hall–Kier alpha value is -0.900. The first kappa shape index (κ1) is 16.5. The van der Waals surface area contributed by atoms with E-state index < -0.39 is 11.7 Å². The lowest BCUT2D eigenvalue weighted by Crippen LogP contribution is -2.28. The molecule has 0 aromatic heterocycles. The Labute approximate surface area is 128 Å². The van der Waals surface area contributed by atoms with Gasteiger partial charge in [0.05, 0.1) is 16.3 Å². The third-order valence-electron chi connectivity index (χ3n) is 4.37. The molecule has 5 heteroatoms. The molecule has 118 valence electrons. The summed E-state index contributed by atoms with van der Waals surface area (Å²) >= 11 is 5.97. The van der Waals surface area contributed by atoms with Crippen molar-refractivity contribution in [2.24, 2.45) is 11.8 Å². The van der Waals surface area contributed by atoms with Crippen LogP contribution < -0.4 is 5.32 Å². The second-order valence-corrected chi connectivity index (χ2v) is 6.60. The van der Waals surface area contributed by atoms with Gasteiger partial charge in [0.1, 0.15) is 0 Å². The second-order valence-electron chi connectivity index (χ2n) is 6.19. The summed E-state index contributed by atoms with van der Waals surface area (Å²) in [5.74, 6) is 1.45. The van der Waals surface area contributed by atoms with Gasteiger partial charge in [0, 0.05) is 6.04 Å². The molecular weight excluding hydrogens is 299 g/mol. The zero-order valence-electron chi connectivity index (χ0n) is 12.3. The first-order chi connectivity index (χ1) is 9.77. The summed E-state index contributed by atoms with van der Waals surface area (Å²) < 4.78 is 37.8. The summed E-state index contributed by atoms with van der Waals surface area (Å²) in [6.07, 6.45) is 0.0546. The quantitative estimate of drug-likeness (QED) is 0.722. The van der Waals surface area contributed by atoms with Gasteiger partial charge in [-0.3, -0.25) is 0 Å². The van der Waals surface area contributed by atoms with E-state index >= 15 is 0 Å². The molecule has 0 heterocycles. The normalized spacial score (nSPS) is 23.4. The first-order valence-corrected chi connectivity index (χ1v) is 7.78. The first-order valence-electron chi connectivity index (χ1n) is 7.40. The van der Waals surface area contributed by atoms with E-state index in [9.17, 15) is 13.2 Å². The number of alkyl halides is 3. The van der Waals surface area contributed by atoms with Gasteiger partial charge < -0.3 is 5.32 Å². The predicted molar refractivity (Wildman–Crippen MR) is 80.7 cm³/mol. The molecular formula is C16H21ClF3N. The van der Waals surface area contributed by atoms with Crippen molar-refractivity contribution in [3.8, 4) is 0 Å². The van der Waals surface area contributed by atoms with Crippen LogP contribution in [0.4, 0.5) is 18.9 Å². The second kappa shape index (κ2) is 6.47. The predicted octanol–water partition coefficient (Wildman–Crippen LogP) is 5.99. The van der Waals surface area contributed by atoms with Crippen LogP contribution in [0.25, 0.3) is 0 Å². The van der Waals surface area contributed by atoms with Crippen molar-refractivity contribution in [1.82, 2.24) is 0 Å². The number of rotatable bonds is 3. The van der Waals surface area contributed by atoms with E-state index in [4.69, 9.17) is 11.6 Å². The van der Waals surface area contributed by atoms with Gasteiger partial charge in [-0.25, -0.2) is 0 Å². The van der Waals surface area contributed by atoms with Crippen LogP contribution in [0.5, 0.6) is 0 Å². The van der Waals surface area contributed by atoms with Crippen LogP contribution in [0.1, 0.15) is 45.1 Å². The third-order valence-corrected chi connectivity index (χ3v) is 4.68. The summed E-state index contributed by atoms with van der Waals surface area (Å²) in [5, 5.41) is 3.42. The lowest BCUT2D eigenvalue weighted by Gasteiger charge is -2.32. The monoisotopic (exact) mass is 319 g/mol. The number of benzene rings is 1. The molecule has 0 bridgehead atoms. The van der Waals surface area contributed by atoms with Gasteiger partial charge in [-0.15, -0.1) is 0 Å². The summed E-state index contributed by atoms with van der Waals surface area (Å²) in [6.45, 7) is 4.48. The molecule has 0 spiro atoms. The average molecular weight is 320 g/mol. The van der Waals surface area contributed by atoms with Crippen molar-refractivity contribution >= 4 is 17.3 Å². The lowest BCUT2D eigenvalue weighted by molar-refractivity contribution is -0.137. The summed E-state index contributed by atoms with van der Waals surface area (Å²) in [6, 6.07) is 3.80. The van der Waals surface area contributed by atoms with Crippen LogP contribution in [0.3, 0.4) is 0 Å². The van der Waals surface area contributed by atoms with Gasteiger partial charge in [0.2, 0.25) is 0 Å². The Morgan fingerprint density at radius 3 is 2.24 bits per heavy atom. The average Bonchev–Trinajstić information content (AvgIpc) is 2.40. The van der Waals surface area contributed by atoms with Gasteiger partial charge in [-0.05, 0) is 55.7 Å². The highest BCUT2D eigenvalue weighted by Gasteiger charge is 2.31. The topological polar surface area (TPSA) is 12.0 Å². The smallest absolute Gasteiger partial charge is 0.381 e. The minimum Gasteiger partial charge on any atom is -0.381 e. The van der Waals surface area contributed by atoms with Crippen LogP contribution in [0, 0.1) is 11.8 Å². The van der Waals surface area contributed by atoms with E-state index in [1.54, 1.807) is 0 Å². The number of nitrogens with one attached hydrogen (secondary N) is 1. The van der Waals surface area contributed by atoms with Gasteiger partial charge >= 0.3 is 6.18 Å².